The number of thiocarbonyl (C=S) groups is 1. The SMILES string of the molecule is CC(=O)c1ccc(NC(=S)N2C[C@@H]3C[C@@H](C2)c2cccc(=O)n2C3)cc1. The van der Waals surface area contributed by atoms with Crippen LogP contribution in [0.5, 0.6) is 0 Å². The summed E-state index contributed by atoms with van der Waals surface area (Å²) in [7, 11) is 0. The van der Waals surface area contributed by atoms with E-state index in [-0.39, 0.29) is 11.3 Å². The van der Waals surface area contributed by atoms with E-state index in [2.05, 4.69) is 16.3 Å². The molecule has 1 N–H and O–H groups in total. The first-order valence-corrected chi connectivity index (χ1v) is 9.29. The molecule has 26 heavy (non-hydrogen) atoms. The molecule has 2 aliphatic rings. The summed E-state index contributed by atoms with van der Waals surface area (Å²) < 4.78 is 1.92. The van der Waals surface area contributed by atoms with Gasteiger partial charge in [-0.15, -0.1) is 0 Å². The minimum absolute atomic E-state index is 0.0527. The number of nitrogens with one attached hydrogen (secondary N) is 1. The van der Waals surface area contributed by atoms with Crippen LogP contribution in [0.1, 0.15) is 35.3 Å². The van der Waals surface area contributed by atoms with Crippen molar-refractivity contribution >= 4 is 28.8 Å². The van der Waals surface area contributed by atoms with Gasteiger partial charge in [-0.1, -0.05) is 6.07 Å². The van der Waals surface area contributed by atoms with Gasteiger partial charge in [0.1, 0.15) is 0 Å². The van der Waals surface area contributed by atoms with Crippen molar-refractivity contribution in [3.63, 3.8) is 0 Å². The molecule has 1 fully saturated rings. The fourth-order valence-electron chi connectivity index (χ4n) is 4.05. The highest BCUT2D eigenvalue weighted by Crippen LogP contribution is 2.35. The number of carbonyl (C=O) groups excluding carboxylic acids is 1. The summed E-state index contributed by atoms with van der Waals surface area (Å²) in [5.41, 5.74) is 2.78. The van der Waals surface area contributed by atoms with Gasteiger partial charge in [0.05, 0.1) is 0 Å². The summed E-state index contributed by atoms with van der Waals surface area (Å²) in [6.07, 6.45) is 1.11. The van der Waals surface area contributed by atoms with Crippen LogP contribution in [-0.4, -0.2) is 33.5 Å². The van der Waals surface area contributed by atoms with E-state index < -0.39 is 0 Å². The highest BCUT2D eigenvalue weighted by Gasteiger charge is 2.35. The van der Waals surface area contributed by atoms with Gasteiger partial charge in [-0.3, -0.25) is 9.59 Å². The highest BCUT2D eigenvalue weighted by atomic mass is 32.1. The van der Waals surface area contributed by atoms with Crippen LogP contribution in [0.4, 0.5) is 5.69 Å². The summed E-state index contributed by atoms with van der Waals surface area (Å²) >= 11 is 5.62. The van der Waals surface area contributed by atoms with Gasteiger partial charge in [0.25, 0.3) is 5.56 Å². The summed E-state index contributed by atoms with van der Waals surface area (Å²) in [5.74, 6) is 0.814. The van der Waals surface area contributed by atoms with Gasteiger partial charge in [-0.2, -0.15) is 0 Å². The Labute approximate surface area is 157 Å². The average molecular weight is 367 g/mol. The van der Waals surface area contributed by atoms with Crippen LogP contribution in [0.2, 0.25) is 0 Å². The van der Waals surface area contributed by atoms with Crippen LogP contribution < -0.4 is 10.9 Å². The molecule has 0 unspecified atom stereocenters. The normalized spacial score (nSPS) is 21.0. The predicted octanol–water partition coefficient (Wildman–Crippen LogP) is 2.87. The molecule has 3 heterocycles. The van der Waals surface area contributed by atoms with Gasteiger partial charge in [0.2, 0.25) is 0 Å². The second-order valence-electron chi connectivity index (χ2n) is 7.17. The van der Waals surface area contributed by atoms with E-state index in [1.165, 1.54) is 0 Å². The Bertz CT molecular complexity index is 919. The van der Waals surface area contributed by atoms with Crippen molar-refractivity contribution in [2.45, 2.75) is 25.8 Å². The number of likely N-dealkylation sites (tertiary alicyclic amines) is 1. The maximum absolute atomic E-state index is 12.1. The third kappa shape index (κ3) is 3.17. The van der Waals surface area contributed by atoms with E-state index in [0.29, 0.717) is 22.5 Å². The molecule has 2 bridgehead atoms. The molecular weight excluding hydrogens is 346 g/mol. The summed E-state index contributed by atoms with van der Waals surface area (Å²) in [4.78, 5) is 25.7. The molecule has 0 amide bonds. The summed E-state index contributed by atoms with van der Waals surface area (Å²) in [6, 6.07) is 12.9. The number of rotatable bonds is 2. The van der Waals surface area contributed by atoms with Gasteiger partial charge in [-0.05, 0) is 61.8 Å². The van der Waals surface area contributed by atoms with Crippen molar-refractivity contribution in [1.29, 1.82) is 0 Å². The number of anilines is 1. The van der Waals surface area contributed by atoms with E-state index in [9.17, 15) is 9.59 Å². The molecular formula is C20H21N3O2S. The lowest BCUT2D eigenvalue weighted by Gasteiger charge is -2.43. The first kappa shape index (κ1) is 17.0. The van der Waals surface area contributed by atoms with Crippen molar-refractivity contribution in [3.8, 4) is 0 Å². The number of ketones is 1. The Balaban J connectivity index is 1.49. The molecule has 4 rings (SSSR count). The molecule has 0 spiro atoms. The van der Waals surface area contributed by atoms with Crippen LogP contribution in [-0.2, 0) is 6.54 Å². The van der Waals surface area contributed by atoms with Gasteiger partial charge in [0.15, 0.2) is 10.9 Å². The number of Topliss-reactive ketones (excluding diaryl/α,β-unsaturated/α-hetero) is 1. The molecule has 1 aromatic carbocycles. The number of fused-ring (bicyclic) bond motifs is 4. The first-order valence-electron chi connectivity index (χ1n) is 8.88. The second-order valence-corrected chi connectivity index (χ2v) is 7.55. The van der Waals surface area contributed by atoms with Gasteiger partial charge in [-0.25, -0.2) is 0 Å². The predicted molar refractivity (Wildman–Crippen MR) is 106 cm³/mol. The minimum Gasteiger partial charge on any atom is -0.348 e. The van der Waals surface area contributed by atoms with Crippen molar-refractivity contribution in [3.05, 3.63) is 64.1 Å². The van der Waals surface area contributed by atoms with E-state index in [4.69, 9.17) is 12.2 Å². The van der Waals surface area contributed by atoms with E-state index >= 15 is 0 Å². The quantitative estimate of drug-likeness (QED) is 0.653. The molecule has 5 nitrogen and oxygen atoms in total. The van der Waals surface area contributed by atoms with Crippen LogP contribution in [0.15, 0.2) is 47.3 Å². The maximum Gasteiger partial charge on any atom is 0.250 e. The lowest BCUT2D eigenvalue weighted by Crippen LogP contribution is -2.50. The van der Waals surface area contributed by atoms with E-state index in [1.54, 1.807) is 25.1 Å². The highest BCUT2D eigenvalue weighted by molar-refractivity contribution is 7.80. The number of piperidine rings is 1. The molecule has 134 valence electrons. The van der Waals surface area contributed by atoms with Gasteiger partial charge < -0.3 is 14.8 Å². The third-order valence-corrected chi connectivity index (χ3v) is 5.67. The topological polar surface area (TPSA) is 54.3 Å². The Morgan fingerprint density at radius 3 is 2.62 bits per heavy atom. The molecule has 6 heteroatoms. The zero-order valence-corrected chi connectivity index (χ0v) is 15.5. The van der Waals surface area contributed by atoms with Crippen LogP contribution in [0, 0.1) is 5.92 Å². The molecule has 0 radical (unpaired) electrons. The number of pyridine rings is 1. The number of benzene rings is 1. The van der Waals surface area contributed by atoms with Crippen LogP contribution in [0.3, 0.4) is 0 Å². The summed E-state index contributed by atoms with van der Waals surface area (Å²) in [6.45, 7) is 3.99. The fourth-order valence-corrected chi connectivity index (χ4v) is 4.32. The number of carbonyl (C=O) groups is 1. The van der Waals surface area contributed by atoms with Crippen LogP contribution in [0.25, 0.3) is 0 Å². The maximum atomic E-state index is 12.1. The van der Waals surface area contributed by atoms with Crippen molar-refractivity contribution < 1.29 is 4.79 Å². The second kappa shape index (κ2) is 6.68. The van der Waals surface area contributed by atoms with E-state index in [0.717, 1.165) is 37.4 Å². The third-order valence-electron chi connectivity index (χ3n) is 5.31. The average Bonchev–Trinajstić information content (AvgIpc) is 2.63. The number of hydrogen-bond donors (Lipinski definition) is 1. The lowest BCUT2D eigenvalue weighted by atomic mass is 9.83. The minimum atomic E-state index is 0.0527. The molecule has 2 atom stereocenters. The van der Waals surface area contributed by atoms with Crippen molar-refractivity contribution in [2.75, 3.05) is 18.4 Å². The standard InChI is InChI=1S/C20H21N3O2S/c1-13(24)15-5-7-17(8-6-15)21-20(26)22-10-14-9-16(12-22)18-3-2-4-19(25)23(18)11-14/h2-8,14,16H,9-12H2,1H3,(H,21,26)/t14-,16-/m0/s1. The first-order chi connectivity index (χ1) is 12.5. The van der Waals surface area contributed by atoms with Crippen LogP contribution >= 0.6 is 12.2 Å². The molecule has 1 saturated heterocycles. The zero-order valence-electron chi connectivity index (χ0n) is 14.6. The van der Waals surface area contributed by atoms with Crippen molar-refractivity contribution in [1.82, 2.24) is 9.47 Å². The Morgan fingerprint density at radius 2 is 1.88 bits per heavy atom. The van der Waals surface area contributed by atoms with Gasteiger partial charge in [0, 0.05) is 48.6 Å². The number of aromatic nitrogens is 1. The molecule has 0 saturated carbocycles. The zero-order chi connectivity index (χ0) is 18.3. The Kier molecular flexibility index (Phi) is 4.36. The number of hydrogen-bond acceptors (Lipinski definition) is 3. The number of nitrogens with zero attached hydrogens (tertiary/aromatic N) is 2. The molecule has 2 aliphatic heterocycles. The monoisotopic (exact) mass is 367 g/mol. The fraction of sp³-hybridized carbons (Fsp3) is 0.350. The molecule has 0 aliphatic carbocycles. The van der Waals surface area contributed by atoms with Crippen molar-refractivity contribution in [2.24, 2.45) is 5.92 Å². The molecule has 2 aromatic rings. The lowest BCUT2D eigenvalue weighted by molar-refractivity contribution is 0.101. The van der Waals surface area contributed by atoms with Gasteiger partial charge >= 0.3 is 0 Å². The Morgan fingerprint density at radius 1 is 1.12 bits per heavy atom. The molecule has 1 aromatic heterocycles. The largest absolute Gasteiger partial charge is 0.348 e. The summed E-state index contributed by atoms with van der Waals surface area (Å²) in [5, 5.41) is 3.98. The van der Waals surface area contributed by atoms with E-state index in [1.807, 2.05) is 22.8 Å². The smallest absolute Gasteiger partial charge is 0.250 e. The Hall–Kier alpha value is -2.47.